The Kier molecular flexibility index (Phi) is 6.50. The number of rotatable bonds is 4. The second-order valence-electron chi connectivity index (χ2n) is 5.58. The van der Waals surface area contributed by atoms with Crippen LogP contribution in [0.25, 0.3) is 0 Å². The second kappa shape index (κ2) is 7.65. The molecule has 0 bridgehead atoms. The van der Waals surface area contributed by atoms with Gasteiger partial charge in [-0.2, -0.15) is 0 Å². The number of aryl methyl sites for hydroxylation is 1. The van der Waals surface area contributed by atoms with Gasteiger partial charge in [-0.05, 0) is 56.8 Å². The first-order chi connectivity index (χ1) is 9.08. The Hall–Kier alpha value is -1.06. The third-order valence-electron chi connectivity index (χ3n) is 4.08. The predicted molar refractivity (Wildman–Crippen MR) is 85.4 cm³/mol. The Morgan fingerprint density at radius 3 is 2.85 bits per heavy atom. The minimum Gasteiger partial charge on any atom is -0.350 e. The van der Waals surface area contributed by atoms with Gasteiger partial charge in [0.05, 0.1) is 6.04 Å². The van der Waals surface area contributed by atoms with E-state index < -0.39 is 0 Å². The maximum atomic E-state index is 12.0. The van der Waals surface area contributed by atoms with E-state index in [1.165, 1.54) is 23.1 Å². The van der Waals surface area contributed by atoms with Crippen molar-refractivity contribution in [1.29, 1.82) is 0 Å². The summed E-state index contributed by atoms with van der Waals surface area (Å²) in [5, 5.41) is 6.47. The SMILES string of the molecule is Cc1cccc(C(C)NC(=O)CC2CCCN2)c1C.Cl. The van der Waals surface area contributed by atoms with E-state index >= 15 is 0 Å². The summed E-state index contributed by atoms with van der Waals surface area (Å²) in [6.07, 6.45) is 2.89. The largest absolute Gasteiger partial charge is 0.350 e. The second-order valence-corrected chi connectivity index (χ2v) is 5.58. The molecule has 1 aliphatic heterocycles. The quantitative estimate of drug-likeness (QED) is 0.897. The van der Waals surface area contributed by atoms with Gasteiger partial charge in [-0.15, -0.1) is 12.4 Å². The van der Waals surface area contributed by atoms with Crippen LogP contribution in [-0.2, 0) is 4.79 Å². The highest BCUT2D eigenvalue weighted by Gasteiger charge is 2.19. The van der Waals surface area contributed by atoms with Crippen molar-refractivity contribution >= 4 is 18.3 Å². The minimum atomic E-state index is 0. The van der Waals surface area contributed by atoms with Crippen LogP contribution in [0.2, 0.25) is 0 Å². The van der Waals surface area contributed by atoms with E-state index in [4.69, 9.17) is 0 Å². The van der Waals surface area contributed by atoms with Gasteiger partial charge in [0.1, 0.15) is 0 Å². The van der Waals surface area contributed by atoms with E-state index in [0.717, 1.165) is 13.0 Å². The number of hydrogen-bond donors (Lipinski definition) is 2. The molecule has 3 nitrogen and oxygen atoms in total. The average Bonchev–Trinajstić information content (AvgIpc) is 2.85. The molecule has 0 saturated carbocycles. The summed E-state index contributed by atoms with van der Waals surface area (Å²) in [4.78, 5) is 12.0. The Labute approximate surface area is 127 Å². The third-order valence-corrected chi connectivity index (χ3v) is 4.08. The van der Waals surface area contributed by atoms with Gasteiger partial charge >= 0.3 is 0 Å². The number of nitrogens with one attached hydrogen (secondary N) is 2. The lowest BCUT2D eigenvalue weighted by atomic mass is 9.98. The van der Waals surface area contributed by atoms with Crippen LogP contribution in [0.1, 0.15) is 48.9 Å². The topological polar surface area (TPSA) is 41.1 Å². The van der Waals surface area contributed by atoms with Gasteiger partial charge in [0.2, 0.25) is 5.91 Å². The molecule has 1 aromatic rings. The number of hydrogen-bond acceptors (Lipinski definition) is 2. The van der Waals surface area contributed by atoms with Gasteiger partial charge in [0.25, 0.3) is 0 Å². The molecule has 0 aliphatic carbocycles. The standard InChI is InChI=1S/C16H24N2O.ClH/c1-11-6-4-8-15(12(11)2)13(3)18-16(19)10-14-7-5-9-17-14;/h4,6,8,13-14,17H,5,7,9-10H2,1-3H3,(H,18,19);1H. The summed E-state index contributed by atoms with van der Waals surface area (Å²) in [6, 6.07) is 6.70. The maximum Gasteiger partial charge on any atom is 0.222 e. The highest BCUT2D eigenvalue weighted by atomic mass is 35.5. The highest BCUT2D eigenvalue weighted by molar-refractivity contribution is 5.85. The van der Waals surface area contributed by atoms with Crippen LogP contribution in [0.5, 0.6) is 0 Å². The van der Waals surface area contributed by atoms with Crippen molar-refractivity contribution in [3.05, 3.63) is 34.9 Å². The van der Waals surface area contributed by atoms with E-state index in [2.05, 4.69) is 49.6 Å². The summed E-state index contributed by atoms with van der Waals surface area (Å²) < 4.78 is 0. The van der Waals surface area contributed by atoms with Gasteiger partial charge in [-0.1, -0.05) is 18.2 Å². The number of amides is 1. The molecule has 0 radical (unpaired) electrons. The van der Waals surface area contributed by atoms with Crippen molar-refractivity contribution < 1.29 is 4.79 Å². The van der Waals surface area contributed by atoms with E-state index in [0.29, 0.717) is 12.5 Å². The van der Waals surface area contributed by atoms with E-state index in [1.807, 2.05) is 0 Å². The van der Waals surface area contributed by atoms with E-state index in [9.17, 15) is 4.79 Å². The molecule has 2 N–H and O–H groups in total. The zero-order valence-corrected chi connectivity index (χ0v) is 13.3. The lowest BCUT2D eigenvalue weighted by Gasteiger charge is -2.19. The predicted octanol–water partition coefficient (Wildman–Crippen LogP) is 3.04. The lowest BCUT2D eigenvalue weighted by molar-refractivity contribution is -0.122. The summed E-state index contributed by atoms with van der Waals surface area (Å²) >= 11 is 0. The van der Waals surface area contributed by atoms with Crippen LogP contribution in [0.4, 0.5) is 0 Å². The molecule has 1 amide bonds. The molecule has 1 aliphatic rings. The molecule has 0 spiro atoms. The summed E-state index contributed by atoms with van der Waals surface area (Å²) in [5.41, 5.74) is 3.76. The first-order valence-corrected chi connectivity index (χ1v) is 7.17. The van der Waals surface area contributed by atoms with Crippen molar-refractivity contribution in [2.75, 3.05) is 6.54 Å². The first-order valence-electron chi connectivity index (χ1n) is 7.17. The van der Waals surface area contributed by atoms with Crippen LogP contribution >= 0.6 is 12.4 Å². The molecule has 2 rings (SSSR count). The molecule has 0 aromatic heterocycles. The van der Waals surface area contributed by atoms with Crippen molar-refractivity contribution in [1.82, 2.24) is 10.6 Å². The zero-order valence-electron chi connectivity index (χ0n) is 12.5. The smallest absolute Gasteiger partial charge is 0.222 e. The molecule has 20 heavy (non-hydrogen) atoms. The van der Waals surface area contributed by atoms with Crippen LogP contribution in [0, 0.1) is 13.8 Å². The fourth-order valence-corrected chi connectivity index (χ4v) is 2.78. The molecule has 2 unspecified atom stereocenters. The fraction of sp³-hybridized carbons (Fsp3) is 0.562. The molecule has 1 aromatic carbocycles. The van der Waals surface area contributed by atoms with Crippen LogP contribution in [0.15, 0.2) is 18.2 Å². The Balaban J connectivity index is 0.00000200. The Morgan fingerprint density at radius 1 is 1.45 bits per heavy atom. The van der Waals surface area contributed by atoms with E-state index in [1.54, 1.807) is 0 Å². The molecule has 1 heterocycles. The summed E-state index contributed by atoms with van der Waals surface area (Å²) in [5.74, 6) is 0.146. The van der Waals surface area contributed by atoms with E-state index in [-0.39, 0.29) is 24.4 Å². The first kappa shape index (κ1) is 17.0. The highest BCUT2D eigenvalue weighted by Crippen LogP contribution is 2.20. The van der Waals surface area contributed by atoms with Gasteiger partial charge in [-0.25, -0.2) is 0 Å². The van der Waals surface area contributed by atoms with Crippen LogP contribution in [-0.4, -0.2) is 18.5 Å². The molecular formula is C16H25ClN2O. The Bertz CT molecular complexity index is 456. The molecule has 4 heteroatoms. The lowest BCUT2D eigenvalue weighted by Crippen LogP contribution is -2.33. The number of carbonyl (C=O) groups excluding carboxylic acids is 1. The third kappa shape index (κ3) is 4.22. The molecule has 1 saturated heterocycles. The van der Waals surface area contributed by atoms with Crippen molar-refractivity contribution in [3.8, 4) is 0 Å². The maximum absolute atomic E-state index is 12.0. The van der Waals surface area contributed by atoms with Gasteiger partial charge in [0, 0.05) is 12.5 Å². The normalized spacial score (nSPS) is 19.2. The monoisotopic (exact) mass is 296 g/mol. The molecule has 112 valence electrons. The number of halogens is 1. The van der Waals surface area contributed by atoms with Gasteiger partial charge in [0.15, 0.2) is 0 Å². The van der Waals surface area contributed by atoms with Crippen LogP contribution < -0.4 is 10.6 Å². The zero-order chi connectivity index (χ0) is 13.8. The van der Waals surface area contributed by atoms with Crippen molar-refractivity contribution in [2.45, 2.75) is 52.1 Å². The van der Waals surface area contributed by atoms with Gasteiger partial charge in [-0.3, -0.25) is 4.79 Å². The molecule has 2 atom stereocenters. The Morgan fingerprint density at radius 2 is 2.20 bits per heavy atom. The molecular weight excluding hydrogens is 272 g/mol. The van der Waals surface area contributed by atoms with Crippen LogP contribution in [0.3, 0.4) is 0 Å². The van der Waals surface area contributed by atoms with Crippen molar-refractivity contribution in [2.24, 2.45) is 0 Å². The van der Waals surface area contributed by atoms with Crippen molar-refractivity contribution in [3.63, 3.8) is 0 Å². The fourth-order valence-electron chi connectivity index (χ4n) is 2.78. The summed E-state index contributed by atoms with van der Waals surface area (Å²) in [6.45, 7) is 7.33. The minimum absolute atomic E-state index is 0. The number of carbonyl (C=O) groups is 1. The van der Waals surface area contributed by atoms with Gasteiger partial charge < -0.3 is 10.6 Å². The number of benzene rings is 1. The summed E-state index contributed by atoms with van der Waals surface area (Å²) in [7, 11) is 0. The average molecular weight is 297 g/mol. The molecule has 1 fully saturated rings.